The lowest BCUT2D eigenvalue weighted by molar-refractivity contribution is -0.0281. The number of benzene rings is 1. The number of ether oxygens (including phenoxy) is 1. The highest BCUT2D eigenvalue weighted by Crippen LogP contribution is 2.54. The minimum atomic E-state index is -0.275. The van der Waals surface area contributed by atoms with Gasteiger partial charge in [-0.15, -0.1) is 0 Å². The van der Waals surface area contributed by atoms with E-state index < -0.39 is 0 Å². The Bertz CT molecular complexity index is 1130. The summed E-state index contributed by atoms with van der Waals surface area (Å²) in [6, 6.07) is 7.66. The largest absolute Gasteiger partial charge is 0.395 e. The van der Waals surface area contributed by atoms with Gasteiger partial charge in [0, 0.05) is 49.4 Å². The predicted molar refractivity (Wildman–Crippen MR) is 150 cm³/mol. The molecular weight excluding hydrogens is 488 g/mol. The summed E-state index contributed by atoms with van der Waals surface area (Å²) >= 11 is 1.46. The van der Waals surface area contributed by atoms with Crippen LogP contribution < -0.4 is 19.8 Å². The van der Waals surface area contributed by atoms with Crippen molar-refractivity contribution >= 4 is 41.0 Å². The van der Waals surface area contributed by atoms with Crippen LogP contribution in [0.15, 0.2) is 24.3 Å². The van der Waals surface area contributed by atoms with Crippen molar-refractivity contribution in [3.05, 3.63) is 35.5 Å². The number of morpholine rings is 1. The maximum Gasteiger partial charge on any atom is 0.258 e. The smallest absolute Gasteiger partial charge is 0.258 e. The monoisotopic (exact) mass is 526 g/mol. The number of aliphatic hydroxyl groups is 1. The Kier molecular flexibility index (Phi) is 7.51. The second-order valence-electron chi connectivity index (χ2n) is 11.1. The molecule has 1 amide bonds. The van der Waals surface area contributed by atoms with Gasteiger partial charge >= 0.3 is 0 Å². The molecule has 2 aliphatic heterocycles. The first-order chi connectivity index (χ1) is 17.8. The number of rotatable bonds is 8. The van der Waals surface area contributed by atoms with E-state index >= 15 is 0 Å². The minimum Gasteiger partial charge on any atom is -0.395 e. The van der Waals surface area contributed by atoms with Crippen LogP contribution in [0.25, 0.3) is 0 Å². The number of amides is 1. The summed E-state index contributed by atoms with van der Waals surface area (Å²) in [7, 11) is 0. The van der Waals surface area contributed by atoms with Crippen molar-refractivity contribution in [2.75, 3.05) is 65.0 Å². The van der Waals surface area contributed by atoms with Gasteiger partial charge in [-0.1, -0.05) is 11.9 Å². The molecule has 1 spiro atoms. The van der Waals surface area contributed by atoms with Gasteiger partial charge in [0.2, 0.25) is 5.95 Å². The van der Waals surface area contributed by atoms with Crippen LogP contribution in [0.5, 0.6) is 0 Å². The molecule has 0 radical (unpaired) electrons. The molecule has 3 N–H and O–H groups in total. The SMILES string of the molecule is Cc1cc(NC(=O)c2ccc(NSCCO)cc2N2CCC3(CC2)CC3)nc(N2CCOC(C)(C)C2)n1. The maximum atomic E-state index is 13.6. The molecule has 3 aliphatic rings. The van der Waals surface area contributed by atoms with Gasteiger partial charge in [-0.3, -0.25) is 4.79 Å². The summed E-state index contributed by atoms with van der Waals surface area (Å²) in [5.74, 6) is 1.53. The Hall–Kier alpha value is -2.56. The van der Waals surface area contributed by atoms with Gasteiger partial charge in [-0.05, 0) is 70.1 Å². The highest BCUT2D eigenvalue weighted by molar-refractivity contribution is 8.00. The van der Waals surface area contributed by atoms with Crippen LogP contribution in [-0.4, -0.2) is 71.7 Å². The first-order valence-electron chi connectivity index (χ1n) is 13.2. The summed E-state index contributed by atoms with van der Waals surface area (Å²) in [6.45, 7) is 10.1. The molecule has 200 valence electrons. The summed E-state index contributed by atoms with van der Waals surface area (Å²) in [5.41, 5.74) is 3.57. The van der Waals surface area contributed by atoms with Crippen LogP contribution in [0, 0.1) is 12.3 Å². The fourth-order valence-electron chi connectivity index (χ4n) is 5.26. The first kappa shape index (κ1) is 26.1. The Balaban J connectivity index is 1.37. The van der Waals surface area contributed by atoms with Gasteiger partial charge in [0.05, 0.1) is 30.1 Å². The maximum absolute atomic E-state index is 13.6. The summed E-state index contributed by atoms with van der Waals surface area (Å²) in [5, 5.41) is 12.2. The summed E-state index contributed by atoms with van der Waals surface area (Å²) in [4.78, 5) is 27.4. The van der Waals surface area contributed by atoms with Crippen molar-refractivity contribution in [1.82, 2.24) is 9.97 Å². The molecule has 1 aromatic heterocycles. The highest BCUT2D eigenvalue weighted by atomic mass is 32.2. The number of aryl methyl sites for hydroxylation is 1. The second-order valence-corrected chi connectivity index (χ2v) is 12.0. The average molecular weight is 527 g/mol. The van der Waals surface area contributed by atoms with Crippen molar-refractivity contribution in [1.29, 1.82) is 0 Å². The van der Waals surface area contributed by atoms with Crippen molar-refractivity contribution in [2.45, 2.75) is 52.1 Å². The number of carbonyl (C=O) groups is 1. The van der Waals surface area contributed by atoms with Crippen molar-refractivity contribution in [3.8, 4) is 0 Å². The van der Waals surface area contributed by atoms with E-state index in [0.29, 0.717) is 48.2 Å². The molecule has 2 saturated heterocycles. The molecular formula is C27H38N6O3S. The van der Waals surface area contributed by atoms with Crippen molar-refractivity contribution in [2.24, 2.45) is 5.41 Å². The van der Waals surface area contributed by atoms with Crippen LogP contribution in [0.4, 0.5) is 23.1 Å². The predicted octanol–water partition coefficient (Wildman–Crippen LogP) is 4.09. The number of aliphatic hydroxyl groups excluding tert-OH is 1. The molecule has 3 fully saturated rings. The quantitative estimate of drug-likeness (QED) is 0.347. The van der Waals surface area contributed by atoms with Crippen molar-refractivity contribution in [3.63, 3.8) is 0 Å². The molecule has 2 aromatic rings. The fourth-order valence-corrected chi connectivity index (χ4v) is 5.74. The third-order valence-corrected chi connectivity index (χ3v) is 8.31. The lowest BCUT2D eigenvalue weighted by Gasteiger charge is -2.38. The van der Waals surface area contributed by atoms with E-state index in [2.05, 4.69) is 44.7 Å². The third kappa shape index (κ3) is 6.30. The lowest BCUT2D eigenvalue weighted by atomic mass is 9.93. The Morgan fingerprint density at radius 3 is 2.59 bits per heavy atom. The van der Waals surface area contributed by atoms with E-state index in [0.717, 1.165) is 30.2 Å². The van der Waals surface area contributed by atoms with Gasteiger partial charge in [0.25, 0.3) is 5.91 Å². The molecule has 1 aromatic carbocycles. The topological polar surface area (TPSA) is 103 Å². The molecule has 0 unspecified atom stereocenters. The second kappa shape index (κ2) is 10.7. The number of anilines is 4. The van der Waals surface area contributed by atoms with Gasteiger partial charge in [-0.2, -0.15) is 4.98 Å². The molecule has 5 rings (SSSR count). The fraction of sp³-hybridized carbons (Fsp3) is 0.593. The molecule has 37 heavy (non-hydrogen) atoms. The zero-order chi connectivity index (χ0) is 26.0. The number of nitrogens with zero attached hydrogens (tertiary/aromatic N) is 4. The minimum absolute atomic E-state index is 0.113. The molecule has 1 saturated carbocycles. The van der Waals surface area contributed by atoms with Gasteiger partial charge in [0.1, 0.15) is 5.82 Å². The van der Waals surface area contributed by atoms with E-state index in [1.165, 1.54) is 37.6 Å². The van der Waals surface area contributed by atoms with E-state index in [4.69, 9.17) is 14.8 Å². The number of nitrogens with one attached hydrogen (secondary N) is 2. The Morgan fingerprint density at radius 2 is 1.89 bits per heavy atom. The number of piperidine rings is 1. The number of aromatic nitrogens is 2. The zero-order valence-electron chi connectivity index (χ0n) is 22.0. The Labute approximate surface area is 223 Å². The first-order valence-corrected chi connectivity index (χ1v) is 14.2. The van der Waals surface area contributed by atoms with E-state index in [1.54, 1.807) is 0 Å². The molecule has 9 nitrogen and oxygen atoms in total. The van der Waals surface area contributed by atoms with Gasteiger partial charge in [-0.25, -0.2) is 4.98 Å². The van der Waals surface area contributed by atoms with Crippen LogP contribution >= 0.6 is 11.9 Å². The van der Waals surface area contributed by atoms with Crippen LogP contribution in [0.1, 0.15) is 55.6 Å². The van der Waals surface area contributed by atoms with Crippen LogP contribution in [0.3, 0.4) is 0 Å². The van der Waals surface area contributed by atoms with Crippen LogP contribution in [-0.2, 0) is 4.74 Å². The average Bonchev–Trinajstić information content (AvgIpc) is 3.62. The molecule has 0 atom stereocenters. The summed E-state index contributed by atoms with van der Waals surface area (Å²) in [6.07, 6.45) is 5.03. The lowest BCUT2D eigenvalue weighted by Crippen LogP contribution is -2.49. The standard InChI is InChI=1S/C27H38N6O3S/c1-19-16-23(30-25(28-19)33-12-14-36-26(2,3)18-33)29-24(35)21-5-4-20(31-37-15-13-34)17-22(21)32-10-8-27(6-7-27)9-11-32/h4-5,16-17,31,34H,6-15,18H2,1-3H3,(H,28,29,30,35). The van der Waals surface area contributed by atoms with Gasteiger partial charge < -0.3 is 29.7 Å². The Morgan fingerprint density at radius 1 is 1.11 bits per heavy atom. The van der Waals surface area contributed by atoms with E-state index in [-0.39, 0.29) is 18.1 Å². The van der Waals surface area contributed by atoms with Gasteiger partial charge in [0.15, 0.2) is 0 Å². The molecule has 10 heteroatoms. The molecule has 3 heterocycles. The van der Waals surface area contributed by atoms with E-state index in [9.17, 15) is 4.79 Å². The van der Waals surface area contributed by atoms with Crippen molar-refractivity contribution < 1.29 is 14.6 Å². The number of hydrogen-bond acceptors (Lipinski definition) is 9. The van der Waals surface area contributed by atoms with E-state index in [1.807, 2.05) is 25.1 Å². The number of carbonyl (C=O) groups excluding carboxylic acids is 1. The molecule has 0 bridgehead atoms. The normalized spacial score (nSPS) is 20.1. The molecule has 1 aliphatic carbocycles. The zero-order valence-corrected chi connectivity index (χ0v) is 22.9. The third-order valence-electron chi connectivity index (χ3n) is 7.54. The van der Waals surface area contributed by atoms with Crippen LogP contribution in [0.2, 0.25) is 0 Å². The summed E-state index contributed by atoms with van der Waals surface area (Å²) < 4.78 is 9.13. The number of hydrogen-bond donors (Lipinski definition) is 3. The highest BCUT2D eigenvalue weighted by Gasteiger charge is 2.44.